The SMILES string of the molecule is CCN(C(=O)C1CC1C(=O)Nc1ccc(OC)c(OC)c1)c1cccc(C)c1. The van der Waals surface area contributed by atoms with E-state index >= 15 is 0 Å². The molecule has 0 radical (unpaired) electrons. The molecule has 148 valence electrons. The minimum Gasteiger partial charge on any atom is -0.493 e. The van der Waals surface area contributed by atoms with Crippen molar-refractivity contribution in [2.24, 2.45) is 11.8 Å². The van der Waals surface area contributed by atoms with Crippen LogP contribution in [0, 0.1) is 18.8 Å². The first kappa shape index (κ1) is 19.7. The molecule has 2 amide bonds. The number of methoxy groups -OCH3 is 2. The van der Waals surface area contributed by atoms with E-state index in [9.17, 15) is 9.59 Å². The summed E-state index contributed by atoms with van der Waals surface area (Å²) in [7, 11) is 3.11. The maximum atomic E-state index is 12.9. The molecule has 0 heterocycles. The van der Waals surface area contributed by atoms with Crippen molar-refractivity contribution in [3.8, 4) is 11.5 Å². The fraction of sp³-hybridized carbons (Fsp3) is 0.364. The lowest BCUT2D eigenvalue weighted by Crippen LogP contribution is -2.33. The van der Waals surface area contributed by atoms with Gasteiger partial charge in [-0.2, -0.15) is 0 Å². The van der Waals surface area contributed by atoms with Crippen LogP contribution in [0.2, 0.25) is 0 Å². The minimum atomic E-state index is -0.306. The van der Waals surface area contributed by atoms with Gasteiger partial charge in [0.05, 0.1) is 26.1 Å². The van der Waals surface area contributed by atoms with Gasteiger partial charge in [0.25, 0.3) is 0 Å². The number of amides is 2. The number of benzene rings is 2. The summed E-state index contributed by atoms with van der Waals surface area (Å²) in [4.78, 5) is 27.3. The Hall–Kier alpha value is -3.02. The van der Waals surface area contributed by atoms with E-state index in [0.29, 0.717) is 30.2 Å². The predicted octanol–water partition coefficient (Wildman–Crippen LogP) is 3.64. The molecule has 2 unspecified atom stereocenters. The molecule has 1 aliphatic rings. The molecule has 2 aromatic carbocycles. The molecule has 2 atom stereocenters. The van der Waals surface area contributed by atoms with Crippen molar-refractivity contribution in [1.29, 1.82) is 0 Å². The average Bonchev–Trinajstić information content (AvgIpc) is 3.49. The van der Waals surface area contributed by atoms with Crippen LogP contribution in [0.3, 0.4) is 0 Å². The second kappa shape index (κ2) is 8.33. The molecular formula is C22H26N2O4. The van der Waals surface area contributed by atoms with Gasteiger partial charge in [0.1, 0.15) is 0 Å². The fourth-order valence-electron chi connectivity index (χ4n) is 3.37. The summed E-state index contributed by atoms with van der Waals surface area (Å²) < 4.78 is 10.5. The normalized spacial score (nSPS) is 17.6. The summed E-state index contributed by atoms with van der Waals surface area (Å²) >= 11 is 0. The van der Waals surface area contributed by atoms with Crippen molar-refractivity contribution in [3.63, 3.8) is 0 Å². The summed E-state index contributed by atoms with van der Waals surface area (Å²) in [5.74, 6) is 0.406. The van der Waals surface area contributed by atoms with Crippen molar-refractivity contribution >= 4 is 23.2 Å². The monoisotopic (exact) mass is 382 g/mol. The molecule has 1 saturated carbocycles. The van der Waals surface area contributed by atoms with Gasteiger partial charge < -0.3 is 19.7 Å². The lowest BCUT2D eigenvalue weighted by Gasteiger charge is -2.21. The molecule has 6 nitrogen and oxygen atoms in total. The van der Waals surface area contributed by atoms with Crippen molar-refractivity contribution in [2.45, 2.75) is 20.3 Å². The van der Waals surface area contributed by atoms with Crippen LogP contribution in [0.25, 0.3) is 0 Å². The Morgan fingerprint density at radius 2 is 1.82 bits per heavy atom. The van der Waals surface area contributed by atoms with Crippen LogP contribution in [0.15, 0.2) is 42.5 Å². The zero-order valence-electron chi connectivity index (χ0n) is 16.7. The first-order valence-corrected chi connectivity index (χ1v) is 9.39. The van der Waals surface area contributed by atoms with Gasteiger partial charge in [0, 0.05) is 24.0 Å². The third kappa shape index (κ3) is 4.11. The van der Waals surface area contributed by atoms with E-state index in [-0.39, 0.29) is 23.7 Å². The highest BCUT2D eigenvalue weighted by Gasteiger charge is 2.49. The number of hydrogen-bond acceptors (Lipinski definition) is 4. The van der Waals surface area contributed by atoms with Crippen LogP contribution in [-0.2, 0) is 9.59 Å². The zero-order chi connectivity index (χ0) is 20.3. The molecule has 0 aliphatic heterocycles. The molecule has 2 aromatic rings. The molecule has 0 bridgehead atoms. The lowest BCUT2D eigenvalue weighted by atomic mass is 10.2. The number of ether oxygens (including phenoxy) is 2. The van der Waals surface area contributed by atoms with Crippen molar-refractivity contribution < 1.29 is 19.1 Å². The molecular weight excluding hydrogens is 356 g/mol. The summed E-state index contributed by atoms with van der Waals surface area (Å²) in [6.07, 6.45) is 0.570. The van der Waals surface area contributed by atoms with E-state index in [1.54, 1.807) is 37.3 Å². The third-order valence-corrected chi connectivity index (χ3v) is 4.99. The standard InChI is InChI=1S/C22H26N2O4/c1-5-24(16-8-6-7-14(2)11-16)22(26)18-13-17(18)21(25)23-15-9-10-19(27-3)20(12-15)28-4/h6-12,17-18H,5,13H2,1-4H3,(H,23,25). The first-order valence-electron chi connectivity index (χ1n) is 9.39. The smallest absolute Gasteiger partial charge is 0.230 e. The summed E-state index contributed by atoms with van der Waals surface area (Å²) in [6.45, 7) is 4.52. The molecule has 1 N–H and O–H groups in total. The minimum absolute atomic E-state index is 0.000520. The first-order chi connectivity index (χ1) is 13.5. The van der Waals surface area contributed by atoms with Crippen molar-refractivity contribution in [3.05, 3.63) is 48.0 Å². The number of carbonyl (C=O) groups excluding carboxylic acids is 2. The Kier molecular flexibility index (Phi) is 5.87. The highest BCUT2D eigenvalue weighted by molar-refractivity contribution is 6.04. The van der Waals surface area contributed by atoms with Gasteiger partial charge in [-0.25, -0.2) is 0 Å². The second-order valence-electron chi connectivity index (χ2n) is 6.93. The van der Waals surface area contributed by atoms with Crippen LogP contribution >= 0.6 is 0 Å². The van der Waals surface area contributed by atoms with Gasteiger partial charge in [-0.05, 0) is 50.1 Å². The predicted molar refractivity (Wildman–Crippen MR) is 109 cm³/mol. The molecule has 3 rings (SSSR count). The topological polar surface area (TPSA) is 67.9 Å². The molecule has 0 spiro atoms. The Balaban J connectivity index is 1.65. The number of nitrogens with zero attached hydrogens (tertiary/aromatic N) is 1. The molecule has 1 fully saturated rings. The van der Waals surface area contributed by atoms with Gasteiger partial charge in [-0.3, -0.25) is 9.59 Å². The maximum Gasteiger partial charge on any atom is 0.230 e. The van der Waals surface area contributed by atoms with Crippen LogP contribution < -0.4 is 19.7 Å². The van der Waals surface area contributed by atoms with Crippen LogP contribution in [-0.4, -0.2) is 32.6 Å². The van der Waals surface area contributed by atoms with Gasteiger partial charge >= 0.3 is 0 Å². The van der Waals surface area contributed by atoms with Crippen molar-refractivity contribution in [1.82, 2.24) is 0 Å². The fourth-order valence-corrected chi connectivity index (χ4v) is 3.37. The Labute approximate surface area is 165 Å². The number of hydrogen-bond donors (Lipinski definition) is 1. The van der Waals surface area contributed by atoms with E-state index in [4.69, 9.17) is 9.47 Å². The highest BCUT2D eigenvalue weighted by Crippen LogP contribution is 2.42. The molecule has 0 aromatic heterocycles. The van der Waals surface area contributed by atoms with Gasteiger partial charge in [0.2, 0.25) is 11.8 Å². The Morgan fingerprint density at radius 1 is 1.07 bits per heavy atom. The van der Waals surface area contributed by atoms with E-state index in [1.807, 2.05) is 38.1 Å². The highest BCUT2D eigenvalue weighted by atomic mass is 16.5. The maximum absolute atomic E-state index is 12.9. The zero-order valence-corrected chi connectivity index (χ0v) is 16.7. The van der Waals surface area contributed by atoms with Crippen LogP contribution in [0.1, 0.15) is 18.9 Å². The van der Waals surface area contributed by atoms with E-state index in [0.717, 1.165) is 11.3 Å². The van der Waals surface area contributed by atoms with E-state index in [1.165, 1.54) is 0 Å². The summed E-state index contributed by atoms with van der Waals surface area (Å²) in [6, 6.07) is 13.1. The van der Waals surface area contributed by atoms with Gasteiger partial charge in [-0.15, -0.1) is 0 Å². The molecule has 0 saturated heterocycles. The van der Waals surface area contributed by atoms with E-state index in [2.05, 4.69) is 5.32 Å². The summed E-state index contributed by atoms with van der Waals surface area (Å²) in [5.41, 5.74) is 2.59. The largest absolute Gasteiger partial charge is 0.493 e. The molecule has 6 heteroatoms. The number of rotatable bonds is 7. The van der Waals surface area contributed by atoms with E-state index < -0.39 is 0 Å². The van der Waals surface area contributed by atoms with Gasteiger partial charge in [0.15, 0.2) is 11.5 Å². The number of carbonyl (C=O) groups is 2. The molecule has 28 heavy (non-hydrogen) atoms. The average molecular weight is 382 g/mol. The number of aryl methyl sites for hydroxylation is 1. The Bertz CT molecular complexity index is 881. The summed E-state index contributed by atoms with van der Waals surface area (Å²) in [5, 5.41) is 2.88. The molecule has 1 aliphatic carbocycles. The van der Waals surface area contributed by atoms with Crippen molar-refractivity contribution in [2.75, 3.05) is 31.0 Å². The third-order valence-electron chi connectivity index (χ3n) is 4.99. The van der Waals surface area contributed by atoms with Crippen LogP contribution in [0.4, 0.5) is 11.4 Å². The Morgan fingerprint density at radius 3 is 2.46 bits per heavy atom. The quantitative estimate of drug-likeness (QED) is 0.794. The second-order valence-corrected chi connectivity index (χ2v) is 6.93. The lowest BCUT2D eigenvalue weighted by molar-refractivity contribution is -0.123. The number of anilines is 2. The van der Waals surface area contributed by atoms with Crippen LogP contribution in [0.5, 0.6) is 11.5 Å². The number of nitrogens with one attached hydrogen (secondary N) is 1. The van der Waals surface area contributed by atoms with Gasteiger partial charge in [-0.1, -0.05) is 12.1 Å².